The van der Waals surface area contributed by atoms with Gasteiger partial charge in [-0.25, -0.2) is 10.5 Å². The van der Waals surface area contributed by atoms with Crippen molar-refractivity contribution in [1.29, 1.82) is 0 Å². The summed E-state index contributed by atoms with van der Waals surface area (Å²) in [7, 11) is 1.69. The van der Waals surface area contributed by atoms with Gasteiger partial charge in [0, 0.05) is 22.6 Å². The molecule has 156 valence electrons. The molecule has 0 radical (unpaired) electrons. The van der Waals surface area contributed by atoms with Gasteiger partial charge in [0.05, 0.1) is 18.2 Å². The van der Waals surface area contributed by atoms with Gasteiger partial charge < -0.3 is 14.7 Å². The zero-order chi connectivity index (χ0) is 20.8. The van der Waals surface area contributed by atoms with Gasteiger partial charge in [0.15, 0.2) is 5.82 Å². The Labute approximate surface area is 175 Å². The predicted octanol–water partition coefficient (Wildman–Crippen LogP) is 4.19. The molecule has 1 fully saturated rings. The van der Waals surface area contributed by atoms with Gasteiger partial charge in [-0.2, -0.15) is 5.10 Å². The van der Waals surface area contributed by atoms with Gasteiger partial charge in [-0.05, 0) is 51.0 Å². The molecule has 8 heteroatoms. The van der Waals surface area contributed by atoms with Crippen molar-refractivity contribution in [2.45, 2.75) is 52.0 Å². The van der Waals surface area contributed by atoms with Crippen LogP contribution in [-0.2, 0) is 0 Å². The van der Waals surface area contributed by atoms with Crippen molar-refractivity contribution in [3.8, 4) is 11.6 Å². The van der Waals surface area contributed by atoms with Crippen molar-refractivity contribution in [1.82, 2.24) is 24.5 Å². The number of hydrogen-bond acceptors (Lipinski definition) is 6. The lowest BCUT2D eigenvalue weighted by Crippen LogP contribution is -2.16. The fourth-order valence-corrected chi connectivity index (χ4v) is 4.88. The standard InChI is InChI=1S/C22H27N7O/c1-13-11-14(2)29(27-13)22-20-19(21(24-23)25-26-22)17-12-16(30-3)9-10-18(17)28(20)15-7-5-4-6-8-15/h9-12,15H,4-8,23H2,1-3H3,(H,24,25). The summed E-state index contributed by atoms with van der Waals surface area (Å²) in [5.74, 6) is 7.97. The van der Waals surface area contributed by atoms with E-state index >= 15 is 0 Å². The number of methoxy groups -OCH3 is 1. The SMILES string of the molecule is COc1ccc2c(c1)c1c(NN)nnc(-n3nc(C)cc3C)c1n2C1CCCCC1. The third-order valence-corrected chi connectivity index (χ3v) is 6.19. The molecule has 1 aliphatic carbocycles. The van der Waals surface area contributed by atoms with Crippen molar-refractivity contribution in [3.63, 3.8) is 0 Å². The Morgan fingerprint density at radius 1 is 1.10 bits per heavy atom. The van der Waals surface area contributed by atoms with E-state index in [9.17, 15) is 0 Å². The maximum absolute atomic E-state index is 5.87. The highest BCUT2D eigenvalue weighted by molar-refractivity contribution is 6.15. The van der Waals surface area contributed by atoms with Crippen LogP contribution < -0.4 is 16.0 Å². The van der Waals surface area contributed by atoms with E-state index in [2.05, 4.69) is 38.4 Å². The second kappa shape index (κ2) is 7.28. The summed E-state index contributed by atoms with van der Waals surface area (Å²) in [5, 5.41) is 15.7. The van der Waals surface area contributed by atoms with E-state index in [-0.39, 0.29) is 0 Å². The number of ether oxygens (including phenoxy) is 1. The van der Waals surface area contributed by atoms with Crippen LogP contribution in [0.25, 0.3) is 27.6 Å². The second-order valence-electron chi connectivity index (χ2n) is 8.12. The van der Waals surface area contributed by atoms with Gasteiger partial charge in [0.25, 0.3) is 0 Å². The molecule has 3 heterocycles. The van der Waals surface area contributed by atoms with Crippen LogP contribution in [-0.4, -0.2) is 31.7 Å². The average molecular weight is 406 g/mol. The Morgan fingerprint density at radius 2 is 1.90 bits per heavy atom. The molecule has 1 aromatic carbocycles. The predicted molar refractivity (Wildman–Crippen MR) is 118 cm³/mol. The van der Waals surface area contributed by atoms with Crippen LogP contribution in [0.1, 0.15) is 49.5 Å². The molecule has 0 aliphatic heterocycles. The second-order valence-corrected chi connectivity index (χ2v) is 8.12. The Hall–Kier alpha value is -3.13. The molecule has 0 spiro atoms. The maximum atomic E-state index is 5.87. The highest BCUT2D eigenvalue weighted by Crippen LogP contribution is 2.42. The van der Waals surface area contributed by atoms with E-state index < -0.39 is 0 Å². The summed E-state index contributed by atoms with van der Waals surface area (Å²) in [5.41, 5.74) is 6.89. The first kappa shape index (κ1) is 18.9. The van der Waals surface area contributed by atoms with Gasteiger partial charge in [-0.15, -0.1) is 10.2 Å². The molecule has 8 nitrogen and oxygen atoms in total. The summed E-state index contributed by atoms with van der Waals surface area (Å²) < 4.78 is 9.85. The lowest BCUT2D eigenvalue weighted by molar-refractivity contribution is 0.367. The number of fused-ring (bicyclic) bond motifs is 3. The van der Waals surface area contributed by atoms with Crippen LogP contribution in [0.15, 0.2) is 24.3 Å². The van der Waals surface area contributed by atoms with E-state index in [1.165, 1.54) is 19.3 Å². The van der Waals surface area contributed by atoms with Crippen LogP contribution in [0.2, 0.25) is 0 Å². The first-order valence-electron chi connectivity index (χ1n) is 10.5. The zero-order valence-corrected chi connectivity index (χ0v) is 17.6. The lowest BCUT2D eigenvalue weighted by atomic mass is 9.95. The molecule has 4 aromatic rings. The molecule has 0 bridgehead atoms. The molecule has 30 heavy (non-hydrogen) atoms. The molecule has 1 aliphatic rings. The number of rotatable bonds is 4. The number of nitrogen functional groups attached to an aromatic ring is 1. The minimum Gasteiger partial charge on any atom is -0.497 e. The normalized spacial score (nSPS) is 15.2. The number of aromatic nitrogens is 5. The topological polar surface area (TPSA) is 95.8 Å². The van der Waals surface area contributed by atoms with Gasteiger partial charge in [0.1, 0.15) is 11.3 Å². The number of nitrogens with zero attached hydrogens (tertiary/aromatic N) is 5. The van der Waals surface area contributed by atoms with Crippen LogP contribution in [0.5, 0.6) is 5.75 Å². The summed E-state index contributed by atoms with van der Waals surface area (Å²) in [6.45, 7) is 4.03. The Kier molecular flexibility index (Phi) is 4.58. The van der Waals surface area contributed by atoms with Crippen molar-refractivity contribution in [3.05, 3.63) is 35.7 Å². The van der Waals surface area contributed by atoms with Gasteiger partial charge in [-0.3, -0.25) is 0 Å². The van der Waals surface area contributed by atoms with E-state index in [1.54, 1.807) is 7.11 Å². The van der Waals surface area contributed by atoms with Crippen molar-refractivity contribution in [2.24, 2.45) is 5.84 Å². The van der Waals surface area contributed by atoms with Crippen molar-refractivity contribution >= 4 is 27.6 Å². The molecular formula is C22H27N7O. The molecule has 1 saturated carbocycles. The highest BCUT2D eigenvalue weighted by atomic mass is 16.5. The fraction of sp³-hybridized carbons (Fsp3) is 0.409. The van der Waals surface area contributed by atoms with Gasteiger partial charge in [0.2, 0.25) is 5.82 Å². The van der Waals surface area contributed by atoms with Crippen LogP contribution in [0, 0.1) is 13.8 Å². The lowest BCUT2D eigenvalue weighted by Gasteiger charge is -2.26. The van der Waals surface area contributed by atoms with Crippen LogP contribution in [0.3, 0.4) is 0 Å². The summed E-state index contributed by atoms with van der Waals surface area (Å²) >= 11 is 0. The van der Waals surface area contributed by atoms with E-state index in [1.807, 2.05) is 24.6 Å². The van der Waals surface area contributed by atoms with Gasteiger partial charge >= 0.3 is 0 Å². The summed E-state index contributed by atoms with van der Waals surface area (Å²) in [4.78, 5) is 0. The molecule has 3 aromatic heterocycles. The number of hydrogen-bond donors (Lipinski definition) is 2. The first-order valence-corrected chi connectivity index (χ1v) is 10.5. The molecule has 3 N–H and O–H groups in total. The molecule has 0 saturated heterocycles. The first-order chi connectivity index (χ1) is 14.6. The molecule has 0 atom stereocenters. The molecular weight excluding hydrogens is 378 g/mol. The third-order valence-electron chi connectivity index (χ3n) is 6.19. The minimum absolute atomic E-state index is 0.401. The number of hydrazine groups is 1. The molecule has 0 unspecified atom stereocenters. The third kappa shape index (κ3) is 2.82. The summed E-state index contributed by atoms with van der Waals surface area (Å²) in [6, 6.07) is 8.66. The average Bonchev–Trinajstić information content (AvgIpc) is 3.29. The van der Waals surface area contributed by atoms with Crippen molar-refractivity contribution in [2.75, 3.05) is 12.5 Å². The zero-order valence-electron chi connectivity index (χ0n) is 17.6. The maximum Gasteiger partial charge on any atom is 0.200 e. The molecule has 0 amide bonds. The highest BCUT2D eigenvalue weighted by Gasteiger charge is 2.27. The smallest absolute Gasteiger partial charge is 0.200 e. The number of nitrogens with two attached hydrogens (primary N) is 1. The monoisotopic (exact) mass is 405 g/mol. The number of nitrogens with one attached hydrogen (secondary N) is 1. The number of benzene rings is 1. The van der Waals surface area contributed by atoms with Crippen LogP contribution >= 0.6 is 0 Å². The fourth-order valence-electron chi connectivity index (χ4n) is 4.88. The summed E-state index contributed by atoms with van der Waals surface area (Å²) in [6.07, 6.45) is 6.06. The Balaban J connectivity index is 1.93. The quantitative estimate of drug-likeness (QED) is 0.390. The van der Waals surface area contributed by atoms with E-state index in [0.29, 0.717) is 11.9 Å². The Bertz CT molecular complexity index is 1230. The minimum atomic E-state index is 0.401. The van der Waals surface area contributed by atoms with E-state index in [4.69, 9.17) is 15.7 Å². The number of anilines is 1. The Morgan fingerprint density at radius 3 is 2.57 bits per heavy atom. The van der Waals surface area contributed by atoms with Crippen molar-refractivity contribution < 1.29 is 4.74 Å². The molecule has 5 rings (SSSR count). The largest absolute Gasteiger partial charge is 0.497 e. The number of aryl methyl sites for hydroxylation is 2. The van der Waals surface area contributed by atoms with E-state index in [0.717, 1.165) is 57.6 Å². The van der Waals surface area contributed by atoms with Gasteiger partial charge in [-0.1, -0.05) is 19.3 Å². The van der Waals surface area contributed by atoms with Crippen LogP contribution in [0.4, 0.5) is 5.82 Å².